The topological polar surface area (TPSA) is 68.7 Å². The third-order valence-electron chi connectivity index (χ3n) is 5.90. The molecule has 1 aromatic carbocycles. The first-order valence-electron chi connectivity index (χ1n) is 10.1. The second-order valence-corrected chi connectivity index (χ2v) is 8.42. The molecule has 2 aromatic rings. The quantitative estimate of drug-likeness (QED) is 0.761. The smallest absolute Gasteiger partial charge is 0.296 e. The van der Waals surface area contributed by atoms with E-state index >= 15 is 0 Å². The van der Waals surface area contributed by atoms with Gasteiger partial charge in [-0.25, -0.2) is 4.98 Å². The van der Waals surface area contributed by atoms with Crippen LogP contribution in [0, 0.1) is 5.92 Å². The lowest BCUT2D eigenvalue weighted by atomic mass is 9.77. The molecule has 5 rings (SSSR count). The van der Waals surface area contributed by atoms with Crippen molar-refractivity contribution in [3.63, 3.8) is 0 Å². The highest BCUT2D eigenvalue weighted by Crippen LogP contribution is 2.48. The van der Waals surface area contributed by atoms with Crippen LogP contribution in [0.1, 0.15) is 44.2 Å². The zero-order valence-electron chi connectivity index (χ0n) is 16.2. The minimum absolute atomic E-state index is 0.0576. The maximum atomic E-state index is 13.5. The Hall–Kier alpha value is -2.67. The first-order valence-corrected chi connectivity index (χ1v) is 11.0. The van der Waals surface area contributed by atoms with Crippen LogP contribution >= 0.6 is 11.3 Å². The predicted octanol–water partition coefficient (Wildman–Crippen LogP) is 4.04. The van der Waals surface area contributed by atoms with E-state index in [4.69, 9.17) is 9.47 Å². The summed E-state index contributed by atoms with van der Waals surface area (Å²) in [7, 11) is 0. The summed E-state index contributed by atoms with van der Waals surface area (Å²) in [6, 6.07) is 7.06. The SMILES string of the molecule is CCOc1ccc(C2C3=C(OC4CCCCC4C3=O)C(=O)N2c2nccs2)cc1. The summed E-state index contributed by atoms with van der Waals surface area (Å²) >= 11 is 1.38. The lowest BCUT2D eigenvalue weighted by Crippen LogP contribution is -2.39. The van der Waals surface area contributed by atoms with Crippen molar-refractivity contribution in [2.45, 2.75) is 44.8 Å². The Kier molecular flexibility index (Phi) is 4.62. The Labute approximate surface area is 173 Å². The van der Waals surface area contributed by atoms with Crippen LogP contribution in [-0.2, 0) is 14.3 Å². The fraction of sp³-hybridized carbons (Fsp3) is 0.409. The van der Waals surface area contributed by atoms with Gasteiger partial charge in [-0.05, 0) is 43.9 Å². The number of rotatable bonds is 4. The molecule has 3 unspecified atom stereocenters. The van der Waals surface area contributed by atoms with Crippen molar-refractivity contribution < 1.29 is 19.1 Å². The molecule has 0 radical (unpaired) electrons. The van der Waals surface area contributed by atoms with E-state index in [2.05, 4.69) is 4.98 Å². The van der Waals surface area contributed by atoms with Crippen molar-refractivity contribution in [2.75, 3.05) is 11.5 Å². The van der Waals surface area contributed by atoms with Gasteiger partial charge in [0.2, 0.25) is 0 Å². The highest BCUT2D eigenvalue weighted by Gasteiger charge is 2.52. The van der Waals surface area contributed by atoms with Crippen LogP contribution in [0.3, 0.4) is 0 Å². The Balaban J connectivity index is 1.60. The summed E-state index contributed by atoms with van der Waals surface area (Å²) < 4.78 is 11.7. The van der Waals surface area contributed by atoms with Gasteiger partial charge in [-0.1, -0.05) is 18.6 Å². The zero-order valence-corrected chi connectivity index (χ0v) is 17.0. The monoisotopic (exact) mass is 410 g/mol. The van der Waals surface area contributed by atoms with E-state index in [1.807, 2.05) is 36.6 Å². The van der Waals surface area contributed by atoms with E-state index in [-0.39, 0.29) is 29.5 Å². The van der Waals surface area contributed by atoms with Gasteiger partial charge in [0, 0.05) is 11.6 Å². The molecule has 3 aliphatic rings. The molecule has 2 aliphatic heterocycles. The Morgan fingerprint density at radius 3 is 2.72 bits per heavy atom. The first-order chi connectivity index (χ1) is 14.2. The number of hydrogen-bond donors (Lipinski definition) is 0. The van der Waals surface area contributed by atoms with Crippen molar-refractivity contribution in [2.24, 2.45) is 5.92 Å². The van der Waals surface area contributed by atoms with Crippen LogP contribution in [0.15, 0.2) is 47.2 Å². The van der Waals surface area contributed by atoms with Crippen LogP contribution in [0.5, 0.6) is 5.75 Å². The van der Waals surface area contributed by atoms with Crippen LogP contribution in [0.2, 0.25) is 0 Å². The number of nitrogens with zero attached hydrogens (tertiary/aromatic N) is 2. The number of aromatic nitrogens is 1. The highest BCUT2D eigenvalue weighted by atomic mass is 32.1. The van der Waals surface area contributed by atoms with Gasteiger partial charge < -0.3 is 9.47 Å². The van der Waals surface area contributed by atoms with Crippen molar-refractivity contribution in [1.29, 1.82) is 0 Å². The van der Waals surface area contributed by atoms with Crippen molar-refractivity contribution in [3.8, 4) is 5.75 Å². The molecule has 1 fully saturated rings. The number of amides is 1. The molecule has 3 heterocycles. The van der Waals surface area contributed by atoms with Crippen molar-refractivity contribution >= 4 is 28.2 Å². The van der Waals surface area contributed by atoms with E-state index in [9.17, 15) is 9.59 Å². The van der Waals surface area contributed by atoms with Crippen LogP contribution in [-0.4, -0.2) is 29.4 Å². The molecule has 3 atom stereocenters. The zero-order chi connectivity index (χ0) is 20.0. The number of ketones is 1. The molecule has 1 saturated carbocycles. The van der Waals surface area contributed by atoms with Crippen LogP contribution in [0.4, 0.5) is 5.13 Å². The molecule has 0 spiro atoms. The second kappa shape index (κ2) is 7.30. The number of thiazole rings is 1. The van der Waals surface area contributed by atoms with Crippen LogP contribution in [0.25, 0.3) is 0 Å². The molecule has 150 valence electrons. The standard InChI is InChI=1S/C22H22N2O4S/c1-2-27-14-9-7-13(8-10-14)18-17-19(25)15-5-3-4-6-16(15)28-20(17)21(26)24(18)22-23-11-12-29-22/h7-12,15-16,18H,2-6H2,1H3. The fourth-order valence-corrected chi connectivity index (χ4v) is 5.27. The minimum Gasteiger partial charge on any atom is -0.494 e. The predicted molar refractivity (Wildman–Crippen MR) is 109 cm³/mol. The Morgan fingerprint density at radius 2 is 2.00 bits per heavy atom. The van der Waals surface area contributed by atoms with Crippen LogP contribution < -0.4 is 9.64 Å². The molecule has 29 heavy (non-hydrogen) atoms. The lowest BCUT2D eigenvalue weighted by molar-refractivity contribution is -0.131. The molecule has 0 bridgehead atoms. The highest BCUT2D eigenvalue weighted by molar-refractivity contribution is 7.13. The molecular weight excluding hydrogens is 388 g/mol. The summed E-state index contributed by atoms with van der Waals surface area (Å²) in [6.07, 6.45) is 5.19. The van der Waals surface area contributed by atoms with E-state index in [0.29, 0.717) is 17.3 Å². The number of carbonyl (C=O) groups excluding carboxylic acids is 2. The first kappa shape index (κ1) is 18.4. The number of benzene rings is 1. The number of fused-ring (bicyclic) bond motifs is 1. The average molecular weight is 410 g/mol. The molecule has 0 N–H and O–H groups in total. The van der Waals surface area contributed by atoms with Gasteiger partial charge in [-0.3, -0.25) is 14.5 Å². The number of Topliss-reactive ketones (excluding diaryl/α,β-unsaturated/α-hetero) is 1. The third-order valence-corrected chi connectivity index (χ3v) is 6.67. The number of ether oxygens (including phenoxy) is 2. The summed E-state index contributed by atoms with van der Waals surface area (Å²) in [5.74, 6) is 0.603. The maximum absolute atomic E-state index is 13.5. The maximum Gasteiger partial charge on any atom is 0.296 e. The summed E-state index contributed by atoms with van der Waals surface area (Å²) in [4.78, 5) is 32.8. The largest absolute Gasteiger partial charge is 0.494 e. The molecule has 1 aliphatic carbocycles. The van der Waals surface area contributed by atoms with Gasteiger partial charge in [-0.15, -0.1) is 11.3 Å². The van der Waals surface area contributed by atoms with Gasteiger partial charge in [0.1, 0.15) is 11.9 Å². The normalized spacial score (nSPS) is 26.2. The number of anilines is 1. The average Bonchev–Trinajstić information content (AvgIpc) is 3.36. The fourth-order valence-electron chi connectivity index (χ4n) is 4.61. The van der Waals surface area contributed by atoms with Crippen molar-refractivity contribution in [3.05, 3.63) is 52.7 Å². The van der Waals surface area contributed by atoms with Gasteiger partial charge in [0.15, 0.2) is 16.7 Å². The summed E-state index contributed by atoms with van der Waals surface area (Å²) in [6.45, 7) is 2.51. The van der Waals surface area contributed by atoms with E-state index in [1.165, 1.54) is 11.3 Å². The minimum atomic E-state index is -0.519. The molecule has 6 nitrogen and oxygen atoms in total. The van der Waals surface area contributed by atoms with Gasteiger partial charge in [0.25, 0.3) is 5.91 Å². The molecule has 0 saturated heterocycles. The summed E-state index contributed by atoms with van der Waals surface area (Å²) in [5, 5.41) is 2.40. The van der Waals surface area contributed by atoms with E-state index in [1.54, 1.807) is 11.1 Å². The van der Waals surface area contributed by atoms with Crippen molar-refractivity contribution in [1.82, 2.24) is 4.98 Å². The lowest BCUT2D eigenvalue weighted by Gasteiger charge is -2.35. The van der Waals surface area contributed by atoms with E-state index in [0.717, 1.165) is 37.0 Å². The molecular formula is C22H22N2O4S. The number of hydrogen-bond acceptors (Lipinski definition) is 6. The number of carbonyl (C=O) groups is 2. The van der Waals surface area contributed by atoms with Gasteiger partial charge in [0.05, 0.1) is 24.1 Å². The second-order valence-electron chi connectivity index (χ2n) is 7.55. The molecule has 1 aromatic heterocycles. The van der Waals surface area contributed by atoms with Gasteiger partial charge in [-0.2, -0.15) is 0 Å². The molecule has 1 amide bonds. The Bertz CT molecular complexity index is 967. The third kappa shape index (κ3) is 2.95. The van der Waals surface area contributed by atoms with E-state index < -0.39 is 6.04 Å². The molecule has 7 heteroatoms. The van der Waals surface area contributed by atoms with Gasteiger partial charge >= 0.3 is 0 Å². The summed E-state index contributed by atoms with van der Waals surface area (Å²) in [5.41, 5.74) is 1.34. The Morgan fingerprint density at radius 1 is 1.21 bits per heavy atom.